The van der Waals surface area contributed by atoms with Crippen molar-refractivity contribution in [3.05, 3.63) is 99.1 Å². The summed E-state index contributed by atoms with van der Waals surface area (Å²) in [4.78, 5) is 23.1. The standard InChI is InChI=1S/C19H13ClN2O3/c20-16-12-14(21-17-8-4-5-9-18(17)22(24)25)10-11-15(16)19(23)13-6-2-1-3-7-13/h1-12,21H. The molecule has 3 rings (SSSR count). The van der Waals surface area contributed by atoms with Crippen LogP contribution in [0.5, 0.6) is 0 Å². The molecule has 0 fully saturated rings. The van der Waals surface area contributed by atoms with E-state index < -0.39 is 4.92 Å². The minimum Gasteiger partial charge on any atom is -0.350 e. The summed E-state index contributed by atoms with van der Waals surface area (Å²) < 4.78 is 0. The van der Waals surface area contributed by atoms with Crippen molar-refractivity contribution in [3.63, 3.8) is 0 Å². The van der Waals surface area contributed by atoms with Crippen LogP contribution in [0.2, 0.25) is 5.02 Å². The van der Waals surface area contributed by atoms with Gasteiger partial charge >= 0.3 is 0 Å². The van der Waals surface area contributed by atoms with Crippen LogP contribution in [0.15, 0.2) is 72.8 Å². The minimum atomic E-state index is -0.461. The van der Waals surface area contributed by atoms with Gasteiger partial charge in [-0.05, 0) is 24.3 Å². The maximum absolute atomic E-state index is 12.5. The molecule has 0 bridgehead atoms. The van der Waals surface area contributed by atoms with Gasteiger partial charge in [0.1, 0.15) is 5.69 Å². The lowest BCUT2D eigenvalue weighted by Gasteiger charge is -2.09. The quantitative estimate of drug-likeness (QED) is 0.388. The summed E-state index contributed by atoms with van der Waals surface area (Å²) >= 11 is 6.25. The Kier molecular flexibility index (Phi) is 4.77. The fraction of sp³-hybridized carbons (Fsp3) is 0. The molecule has 1 N–H and O–H groups in total. The third-order valence-corrected chi connectivity index (χ3v) is 3.94. The summed E-state index contributed by atoms with van der Waals surface area (Å²) in [5, 5.41) is 14.3. The van der Waals surface area contributed by atoms with E-state index in [9.17, 15) is 14.9 Å². The molecule has 0 atom stereocenters. The van der Waals surface area contributed by atoms with Crippen molar-refractivity contribution in [3.8, 4) is 0 Å². The highest BCUT2D eigenvalue weighted by atomic mass is 35.5. The second-order valence-corrected chi connectivity index (χ2v) is 5.70. The Morgan fingerprint density at radius 2 is 1.64 bits per heavy atom. The molecule has 0 heterocycles. The number of carbonyl (C=O) groups excluding carboxylic acids is 1. The summed E-state index contributed by atoms with van der Waals surface area (Å²) in [7, 11) is 0. The lowest BCUT2D eigenvalue weighted by molar-refractivity contribution is -0.383. The summed E-state index contributed by atoms with van der Waals surface area (Å²) in [5.74, 6) is -0.178. The molecule has 0 aliphatic carbocycles. The van der Waals surface area contributed by atoms with Crippen molar-refractivity contribution < 1.29 is 9.72 Å². The number of nitrogens with zero attached hydrogens (tertiary/aromatic N) is 1. The lowest BCUT2D eigenvalue weighted by atomic mass is 10.0. The second-order valence-electron chi connectivity index (χ2n) is 5.29. The molecule has 3 aromatic carbocycles. The van der Waals surface area contributed by atoms with Crippen LogP contribution in [0.25, 0.3) is 0 Å². The van der Waals surface area contributed by atoms with Gasteiger partial charge in [-0.25, -0.2) is 0 Å². The molecule has 0 aliphatic heterocycles. The first-order chi connectivity index (χ1) is 12.1. The van der Waals surface area contributed by atoms with E-state index in [2.05, 4.69) is 5.32 Å². The fourth-order valence-corrected chi connectivity index (χ4v) is 2.68. The smallest absolute Gasteiger partial charge is 0.292 e. The Morgan fingerprint density at radius 3 is 2.32 bits per heavy atom. The third kappa shape index (κ3) is 3.67. The number of nitrogens with one attached hydrogen (secondary N) is 1. The first-order valence-corrected chi connectivity index (χ1v) is 7.84. The zero-order valence-corrected chi connectivity index (χ0v) is 13.7. The molecule has 0 aromatic heterocycles. The molecular formula is C19H13ClN2O3. The lowest BCUT2D eigenvalue weighted by Crippen LogP contribution is -2.03. The van der Waals surface area contributed by atoms with Crippen molar-refractivity contribution in [1.82, 2.24) is 0 Å². The number of benzene rings is 3. The van der Waals surface area contributed by atoms with Crippen molar-refractivity contribution in [2.75, 3.05) is 5.32 Å². The van der Waals surface area contributed by atoms with E-state index in [1.807, 2.05) is 6.07 Å². The van der Waals surface area contributed by atoms with Crippen LogP contribution < -0.4 is 5.32 Å². The van der Waals surface area contributed by atoms with Crippen LogP contribution >= 0.6 is 11.6 Å². The minimum absolute atomic E-state index is 0.0388. The van der Waals surface area contributed by atoms with E-state index in [-0.39, 0.29) is 16.5 Å². The van der Waals surface area contributed by atoms with Gasteiger partial charge in [0.05, 0.1) is 9.95 Å². The number of nitro benzene ring substituents is 1. The molecule has 25 heavy (non-hydrogen) atoms. The van der Waals surface area contributed by atoms with Gasteiger partial charge in [-0.15, -0.1) is 0 Å². The maximum atomic E-state index is 12.5. The molecular weight excluding hydrogens is 340 g/mol. The van der Waals surface area contributed by atoms with Gasteiger partial charge in [0.25, 0.3) is 5.69 Å². The molecule has 5 nitrogen and oxygen atoms in total. The highest BCUT2D eigenvalue weighted by molar-refractivity contribution is 6.35. The van der Waals surface area contributed by atoms with Gasteiger partial charge in [-0.1, -0.05) is 54.1 Å². The first-order valence-electron chi connectivity index (χ1n) is 7.46. The number of halogens is 1. The predicted octanol–water partition coefficient (Wildman–Crippen LogP) is 5.22. The number of carbonyl (C=O) groups is 1. The average molecular weight is 353 g/mol. The van der Waals surface area contributed by atoms with E-state index in [0.29, 0.717) is 22.5 Å². The summed E-state index contributed by atoms with van der Waals surface area (Å²) in [6.45, 7) is 0. The molecule has 0 amide bonds. The van der Waals surface area contributed by atoms with Crippen molar-refractivity contribution in [2.24, 2.45) is 0 Å². The highest BCUT2D eigenvalue weighted by Crippen LogP contribution is 2.30. The van der Waals surface area contributed by atoms with Gasteiger partial charge in [-0.2, -0.15) is 0 Å². The number of hydrogen-bond acceptors (Lipinski definition) is 4. The SMILES string of the molecule is O=C(c1ccccc1)c1ccc(Nc2ccccc2[N+](=O)[O-])cc1Cl. The predicted molar refractivity (Wildman–Crippen MR) is 97.7 cm³/mol. The van der Waals surface area contributed by atoms with Crippen LogP contribution in [-0.4, -0.2) is 10.7 Å². The third-order valence-electron chi connectivity index (χ3n) is 3.63. The van der Waals surface area contributed by atoms with Gasteiger partial charge in [0, 0.05) is 22.9 Å². The number of para-hydroxylation sites is 2. The van der Waals surface area contributed by atoms with Gasteiger partial charge in [0.2, 0.25) is 0 Å². The summed E-state index contributed by atoms with van der Waals surface area (Å²) in [6.07, 6.45) is 0. The average Bonchev–Trinajstić information content (AvgIpc) is 2.62. The Labute approximate surface area is 149 Å². The Balaban J connectivity index is 1.88. The zero-order valence-electron chi connectivity index (χ0n) is 13.0. The van der Waals surface area contributed by atoms with Crippen LogP contribution in [0.3, 0.4) is 0 Å². The topological polar surface area (TPSA) is 72.2 Å². The van der Waals surface area contributed by atoms with E-state index in [4.69, 9.17) is 11.6 Å². The monoisotopic (exact) mass is 352 g/mol. The number of anilines is 2. The Bertz CT molecular complexity index is 942. The van der Waals surface area contributed by atoms with Gasteiger partial charge < -0.3 is 5.32 Å². The largest absolute Gasteiger partial charge is 0.350 e. The van der Waals surface area contributed by atoms with Crippen molar-refractivity contribution >= 4 is 34.4 Å². The van der Waals surface area contributed by atoms with Crippen LogP contribution in [0.1, 0.15) is 15.9 Å². The molecule has 0 unspecified atom stereocenters. The normalized spacial score (nSPS) is 10.3. The van der Waals surface area contributed by atoms with E-state index in [1.54, 1.807) is 60.7 Å². The number of ketones is 1. The number of nitro groups is 1. The molecule has 124 valence electrons. The Morgan fingerprint density at radius 1 is 0.960 bits per heavy atom. The second kappa shape index (κ2) is 7.15. The molecule has 3 aromatic rings. The van der Waals surface area contributed by atoms with Crippen LogP contribution in [0.4, 0.5) is 17.1 Å². The van der Waals surface area contributed by atoms with Crippen molar-refractivity contribution in [1.29, 1.82) is 0 Å². The summed E-state index contributed by atoms with van der Waals surface area (Å²) in [5.41, 5.74) is 1.79. The molecule has 0 saturated carbocycles. The van der Waals surface area contributed by atoms with Gasteiger partial charge in [0.15, 0.2) is 5.78 Å². The number of rotatable bonds is 5. The summed E-state index contributed by atoms with van der Waals surface area (Å²) in [6, 6.07) is 20.0. The fourth-order valence-electron chi connectivity index (χ4n) is 2.42. The first kappa shape index (κ1) is 16.7. The van der Waals surface area contributed by atoms with Crippen LogP contribution in [0, 0.1) is 10.1 Å². The molecule has 0 spiro atoms. The number of hydrogen-bond donors (Lipinski definition) is 1. The van der Waals surface area contributed by atoms with E-state index in [0.717, 1.165) is 0 Å². The molecule has 6 heteroatoms. The van der Waals surface area contributed by atoms with Crippen molar-refractivity contribution in [2.45, 2.75) is 0 Å². The highest BCUT2D eigenvalue weighted by Gasteiger charge is 2.15. The van der Waals surface area contributed by atoms with Crippen LogP contribution in [-0.2, 0) is 0 Å². The molecule has 0 radical (unpaired) electrons. The van der Waals surface area contributed by atoms with Gasteiger partial charge in [-0.3, -0.25) is 14.9 Å². The Hall–Kier alpha value is -3.18. The molecule has 0 saturated heterocycles. The van der Waals surface area contributed by atoms with E-state index >= 15 is 0 Å². The molecule has 0 aliphatic rings. The maximum Gasteiger partial charge on any atom is 0.292 e. The van der Waals surface area contributed by atoms with E-state index in [1.165, 1.54) is 6.07 Å². The zero-order chi connectivity index (χ0) is 17.8.